The van der Waals surface area contributed by atoms with Gasteiger partial charge in [-0.05, 0) is 97.5 Å². The number of aliphatic hydroxyl groups is 4. The highest BCUT2D eigenvalue weighted by Gasteiger charge is 2.59. The maximum absolute atomic E-state index is 11.5. The predicted molar refractivity (Wildman–Crippen MR) is 138 cm³/mol. The molecule has 8 nitrogen and oxygen atoms in total. The maximum atomic E-state index is 11.5. The Morgan fingerprint density at radius 2 is 1.79 bits per heavy atom. The highest BCUT2D eigenvalue weighted by atomic mass is 16.7. The summed E-state index contributed by atoms with van der Waals surface area (Å²) >= 11 is 0. The maximum Gasteiger partial charge on any atom is 0.335 e. The second-order valence-corrected chi connectivity index (χ2v) is 13.0. The average molecular weight is 531 g/mol. The smallest absolute Gasteiger partial charge is 0.335 e. The molecule has 1 saturated heterocycles. The van der Waals surface area contributed by atoms with Crippen molar-refractivity contribution in [2.75, 3.05) is 6.61 Å². The van der Waals surface area contributed by atoms with E-state index in [1.54, 1.807) is 12.3 Å². The van der Waals surface area contributed by atoms with E-state index in [2.05, 4.69) is 19.9 Å². The average Bonchev–Trinajstić information content (AvgIpc) is 3.27. The zero-order chi connectivity index (χ0) is 26.8. The summed E-state index contributed by atoms with van der Waals surface area (Å²) in [7, 11) is 0. The number of fused-ring (bicyclic) bond motifs is 5. The molecular formula is C30H42O8. The van der Waals surface area contributed by atoms with Crippen LogP contribution >= 0.6 is 0 Å². The molecule has 4 aliphatic carbocycles. The largest absolute Gasteiger partial charge is 0.431 e. The van der Waals surface area contributed by atoms with Crippen molar-refractivity contribution in [3.63, 3.8) is 0 Å². The van der Waals surface area contributed by atoms with Gasteiger partial charge in [0.1, 0.15) is 24.4 Å². The van der Waals surface area contributed by atoms with Crippen molar-refractivity contribution in [3.8, 4) is 0 Å². The van der Waals surface area contributed by atoms with Crippen molar-refractivity contribution in [1.29, 1.82) is 0 Å². The minimum Gasteiger partial charge on any atom is -0.431 e. The van der Waals surface area contributed by atoms with Crippen molar-refractivity contribution in [2.45, 2.75) is 108 Å². The monoisotopic (exact) mass is 530 g/mol. The molecule has 4 fully saturated rings. The Kier molecular flexibility index (Phi) is 6.89. The lowest BCUT2D eigenvalue weighted by molar-refractivity contribution is -0.308. The van der Waals surface area contributed by atoms with E-state index in [0.717, 1.165) is 32.1 Å². The van der Waals surface area contributed by atoms with E-state index in [9.17, 15) is 25.2 Å². The molecule has 210 valence electrons. The molecule has 0 amide bonds. The number of hydrogen-bond donors (Lipinski definition) is 4. The molecular weight excluding hydrogens is 488 g/mol. The lowest BCUT2D eigenvalue weighted by Gasteiger charge is -2.58. The minimum absolute atomic E-state index is 0.122. The molecule has 1 aromatic rings. The zero-order valence-electron chi connectivity index (χ0n) is 22.4. The standard InChI is InChI=1S/C30H42O8/c1-29-11-9-18(37-28-27(35)26(34)25(33)23(14-31)38-28)13-17(29)4-5-19-21-7-6-20(16-3-8-24(32)36-15-16)30(21,2)12-10-22(19)29/h3,8,13,15,18-23,25-28,31,33-35H,4-7,9-12,14H2,1-2H3/t18-,19+,20+,21+,22+,23+,25-,26-,27-,28+,29+,30-/m1/s1. The molecule has 8 heteroatoms. The van der Waals surface area contributed by atoms with Crippen LogP contribution in [0.25, 0.3) is 0 Å². The Morgan fingerprint density at radius 1 is 0.974 bits per heavy atom. The highest BCUT2D eigenvalue weighted by Crippen LogP contribution is 2.68. The fourth-order valence-corrected chi connectivity index (χ4v) is 9.27. The van der Waals surface area contributed by atoms with E-state index in [1.807, 2.05) is 6.07 Å². The number of rotatable bonds is 4. The van der Waals surface area contributed by atoms with Gasteiger partial charge < -0.3 is 34.3 Å². The third-order valence-electron chi connectivity index (χ3n) is 11.4. The van der Waals surface area contributed by atoms with Gasteiger partial charge in [0.25, 0.3) is 0 Å². The second kappa shape index (κ2) is 9.82. The molecule has 0 spiro atoms. The summed E-state index contributed by atoms with van der Waals surface area (Å²) < 4.78 is 17.0. The van der Waals surface area contributed by atoms with Crippen LogP contribution in [0.3, 0.4) is 0 Å². The summed E-state index contributed by atoms with van der Waals surface area (Å²) in [5, 5.41) is 40.2. The van der Waals surface area contributed by atoms with Gasteiger partial charge >= 0.3 is 5.63 Å². The molecule has 0 aromatic carbocycles. The van der Waals surface area contributed by atoms with Crippen LogP contribution in [-0.4, -0.2) is 63.8 Å². The molecule has 0 radical (unpaired) electrons. The van der Waals surface area contributed by atoms with Gasteiger partial charge in [-0.15, -0.1) is 0 Å². The van der Waals surface area contributed by atoms with Crippen LogP contribution in [-0.2, 0) is 9.47 Å². The number of aliphatic hydroxyl groups excluding tert-OH is 4. The van der Waals surface area contributed by atoms with Crippen molar-refractivity contribution in [3.05, 3.63) is 46.0 Å². The number of allylic oxidation sites excluding steroid dienone is 1. The van der Waals surface area contributed by atoms with Gasteiger partial charge in [0, 0.05) is 6.07 Å². The first-order valence-electron chi connectivity index (χ1n) is 14.4. The Bertz CT molecular complexity index is 1090. The van der Waals surface area contributed by atoms with Gasteiger partial charge in [0.15, 0.2) is 6.29 Å². The lowest BCUT2D eigenvalue weighted by atomic mass is 9.46. The molecule has 0 bridgehead atoms. The summed E-state index contributed by atoms with van der Waals surface area (Å²) in [6.45, 7) is 4.44. The summed E-state index contributed by atoms with van der Waals surface area (Å²) in [5.41, 5.74) is 2.66. The fraction of sp³-hybridized carbons (Fsp3) is 0.767. The van der Waals surface area contributed by atoms with E-state index in [4.69, 9.17) is 13.9 Å². The first-order valence-corrected chi connectivity index (χ1v) is 14.4. The van der Waals surface area contributed by atoms with Gasteiger partial charge in [-0.25, -0.2) is 4.79 Å². The first kappa shape index (κ1) is 26.7. The van der Waals surface area contributed by atoms with Crippen molar-refractivity contribution in [1.82, 2.24) is 0 Å². The van der Waals surface area contributed by atoms with Crippen molar-refractivity contribution >= 4 is 0 Å². The third kappa shape index (κ3) is 4.14. The summed E-state index contributed by atoms with van der Waals surface area (Å²) in [6, 6.07) is 3.52. The number of ether oxygens (including phenoxy) is 2. The van der Waals surface area contributed by atoms with Gasteiger partial charge in [-0.2, -0.15) is 0 Å². The lowest BCUT2D eigenvalue weighted by Crippen LogP contribution is -2.59. The predicted octanol–water partition coefficient (Wildman–Crippen LogP) is 2.87. The van der Waals surface area contributed by atoms with E-state index < -0.39 is 37.3 Å². The summed E-state index contributed by atoms with van der Waals surface area (Å²) in [4.78, 5) is 11.5. The first-order chi connectivity index (χ1) is 18.2. The quantitative estimate of drug-likeness (QED) is 0.438. The minimum atomic E-state index is -1.43. The van der Waals surface area contributed by atoms with Crippen LogP contribution in [0.2, 0.25) is 0 Å². The normalized spacial score (nSPS) is 48.5. The Labute approximate surface area is 223 Å². The Morgan fingerprint density at radius 3 is 2.53 bits per heavy atom. The van der Waals surface area contributed by atoms with E-state index in [0.29, 0.717) is 23.7 Å². The molecule has 6 rings (SSSR count). The van der Waals surface area contributed by atoms with Crippen LogP contribution in [0.4, 0.5) is 0 Å². The molecule has 3 saturated carbocycles. The van der Waals surface area contributed by atoms with Crippen molar-refractivity contribution in [2.24, 2.45) is 28.6 Å². The fourth-order valence-electron chi connectivity index (χ4n) is 9.27. The van der Waals surface area contributed by atoms with Gasteiger partial charge in [-0.1, -0.05) is 25.5 Å². The van der Waals surface area contributed by atoms with Crippen LogP contribution in [0.5, 0.6) is 0 Å². The molecule has 0 unspecified atom stereocenters. The Balaban J connectivity index is 1.18. The Hall–Kier alpha value is -1.55. The zero-order valence-corrected chi connectivity index (χ0v) is 22.4. The van der Waals surface area contributed by atoms with Crippen LogP contribution in [0.15, 0.2) is 39.3 Å². The SMILES string of the molecule is C[C@]12CC[C@H]3[C@@H](CCC4=C[C@H](O[C@H]5O[C@@H](CO)[C@@H](O)[C@@H](O)[C@H]5O)CC[C@@]43C)[C@@H]1CC[C@H]2c1ccc(=O)oc1. The van der Waals surface area contributed by atoms with Gasteiger partial charge in [-0.3, -0.25) is 0 Å². The second-order valence-electron chi connectivity index (χ2n) is 13.0. The molecule has 2 heterocycles. The molecule has 4 N–H and O–H groups in total. The molecule has 5 aliphatic rings. The molecule has 38 heavy (non-hydrogen) atoms. The van der Waals surface area contributed by atoms with E-state index in [-0.39, 0.29) is 22.6 Å². The van der Waals surface area contributed by atoms with Crippen LogP contribution < -0.4 is 5.63 Å². The van der Waals surface area contributed by atoms with Crippen molar-refractivity contribution < 1.29 is 34.3 Å². The van der Waals surface area contributed by atoms with Crippen LogP contribution in [0.1, 0.15) is 76.7 Å². The van der Waals surface area contributed by atoms with Gasteiger partial charge in [0.05, 0.1) is 19.0 Å². The summed E-state index contributed by atoms with van der Waals surface area (Å²) in [5.74, 6) is 2.41. The molecule has 1 aromatic heterocycles. The highest BCUT2D eigenvalue weighted by molar-refractivity contribution is 5.28. The van der Waals surface area contributed by atoms with Crippen LogP contribution in [0, 0.1) is 28.6 Å². The molecule has 1 aliphatic heterocycles. The third-order valence-corrected chi connectivity index (χ3v) is 11.4. The van der Waals surface area contributed by atoms with E-state index in [1.165, 1.54) is 30.4 Å². The number of hydrogen-bond acceptors (Lipinski definition) is 8. The van der Waals surface area contributed by atoms with Gasteiger partial charge in [0.2, 0.25) is 0 Å². The summed E-state index contributed by atoms with van der Waals surface area (Å²) in [6.07, 6.45) is 6.14. The topological polar surface area (TPSA) is 130 Å². The molecule has 12 atom stereocenters. The van der Waals surface area contributed by atoms with E-state index >= 15 is 0 Å².